The van der Waals surface area contributed by atoms with E-state index in [1.807, 2.05) is 6.07 Å². The lowest BCUT2D eigenvalue weighted by Gasteiger charge is -2.24. The number of nitriles is 1. The molecule has 142 valence electrons. The van der Waals surface area contributed by atoms with Gasteiger partial charge in [-0.25, -0.2) is 4.98 Å². The van der Waals surface area contributed by atoms with E-state index in [1.165, 1.54) is 6.33 Å². The van der Waals surface area contributed by atoms with Crippen molar-refractivity contribution in [3.8, 4) is 6.07 Å². The van der Waals surface area contributed by atoms with E-state index in [9.17, 15) is 10.1 Å². The third-order valence-electron chi connectivity index (χ3n) is 4.58. The average molecular weight is 373 g/mol. The Hall–Kier alpha value is -2.65. The maximum atomic E-state index is 12.3. The van der Waals surface area contributed by atoms with Crippen LogP contribution in [0.25, 0.3) is 11.2 Å². The summed E-state index contributed by atoms with van der Waals surface area (Å²) in [6.45, 7) is 3.38. The molecular weight excluding hydrogens is 354 g/mol. The number of carbonyl (C=O) groups is 1. The summed E-state index contributed by atoms with van der Waals surface area (Å²) in [6.07, 6.45) is -1.21. The highest BCUT2D eigenvalue weighted by Gasteiger charge is 2.57. The number of rotatable bonds is 4. The molecule has 0 aliphatic carbocycles. The normalized spacial score (nSPS) is 28.9. The van der Waals surface area contributed by atoms with E-state index in [0.717, 1.165) is 0 Å². The number of imidazole rings is 1. The van der Waals surface area contributed by atoms with Crippen molar-refractivity contribution in [2.45, 2.75) is 44.2 Å². The molecule has 0 spiro atoms. The Morgan fingerprint density at radius 2 is 2.15 bits per heavy atom. The molecule has 2 aromatic heterocycles. The first-order chi connectivity index (χ1) is 12.9. The van der Waals surface area contributed by atoms with E-state index < -0.39 is 30.3 Å². The monoisotopic (exact) mass is 373 g/mol. The van der Waals surface area contributed by atoms with Crippen molar-refractivity contribution >= 4 is 22.8 Å². The number of fused-ring (bicyclic) bond motifs is 2. The molecule has 0 unspecified atom stereocenters. The van der Waals surface area contributed by atoms with Crippen LogP contribution in [0.2, 0.25) is 0 Å². The fourth-order valence-electron chi connectivity index (χ4n) is 3.50. The molecule has 11 heteroatoms. The number of nitrogens with two attached hydrogens (primary N) is 1. The average Bonchev–Trinajstić information content (AvgIpc) is 3.30. The number of ketones is 1. The Labute approximate surface area is 154 Å². The zero-order valence-corrected chi connectivity index (χ0v) is 15.0. The minimum absolute atomic E-state index is 0.0124. The Morgan fingerprint density at radius 1 is 1.41 bits per heavy atom. The van der Waals surface area contributed by atoms with Gasteiger partial charge in [-0.1, -0.05) is 0 Å². The van der Waals surface area contributed by atoms with E-state index in [0.29, 0.717) is 17.0 Å². The second kappa shape index (κ2) is 6.21. The van der Waals surface area contributed by atoms with Crippen molar-refractivity contribution < 1.29 is 19.0 Å². The number of anilines is 1. The number of Topliss-reactive ketones (excluding diaryl/α,β-unsaturated/α-hetero) is 1. The summed E-state index contributed by atoms with van der Waals surface area (Å²) < 4.78 is 19.5. The van der Waals surface area contributed by atoms with E-state index in [1.54, 1.807) is 25.5 Å². The molecule has 0 aromatic carbocycles. The third kappa shape index (κ3) is 2.74. The summed E-state index contributed by atoms with van der Waals surface area (Å²) in [5, 5.41) is 12.1. The first kappa shape index (κ1) is 17.7. The molecule has 11 nitrogen and oxygen atoms in total. The summed E-state index contributed by atoms with van der Waals surface area (Å²) in [6, 6.07) is 1.93. The molecule has 2 aliphatic heterocycles. The van der Waals surface area contributed by atoms with Gasteiger partial charge in [-0.3, -0.25) is 9.36 Å². The second-order valence-corrected chi connectivity index (χ2v) is 6.76. The van der Waals surface area contributed by atoms with Crippen molar-refractivity contribution in [3.63, 3.8) is 0 Å². The predicted octanol–water partition coefficient (Wildman–Crippen LogP) is -0.315. The van der Waals surface area contributed by atoms with Crippen LogP contribution in [0.4, 0.5) is 5.82 Å². The van der Waals surface area contributed by atoms with Gasteiger partial charge >= 0.3 is 0 Å². The number of nitrogens with one attached hydrogen (secondary N) is 1. The zero-order chi connectivity index (χ0) is 19.3. The molecule has 0 radical (unpaired) electrons. The molecule has 0 saturated carbocycles. The van der Waals surface area contributed by atoms with E-state index >= 15 is 0 Å². The molecule has 4 atom stereocenters. The highest BCUT2D eigenvalue weighted by atomic mass is 16.8. The Balaban J connectivity index is 1.81. The van der Waals surface area contributed by atoms with Crippen LogP contribution in [0.5, 0.6) is 0 Å². The first-order valence-electron chi connectivity index (χ1n) is 8.45. The van der Waals surface area contributed by atoms with Crippen LogP contribution in [0.3, 0.4) is 0 Å². The summed E-state index contributed by atoms with van der Waals surface area (Å²) in [7, 11) is 1.68. The largest absolute Gasteiger partial charge is 0.371 e. The fraction of sp³-hybridized carbons (Fsp3) is 0.562. The summed E-state index contributed by atoms with van der Waals surface area (Å²) in [4.78, 5) is 24.9. The number of ether oxygens (including phenoxy) is 3. The van der Waals surface area contributed by atoms with Gasteiger partial charge in [0.15, 0.2) is 34.8 Å². The maximum Gasteiger partial charge on any atom is 0.236 e. The SMILES string of the molecule is CNc1nc(C#N)nc2c1ncn2[C@@H]1O[C@H](C(=O)CN)[C@H]2OC(C)(C)O[C@H]21. The van der Waals surface area contributed by atoms with Crippen molar-refractivity contribution in [3.05, 3.63) is 12.2 Å². The van der Waals surface area contributed by atoms with Crippen LogP contribution >= 0.6 is 0 Å². The van der Waals surface area contributed by atoms with Gasteiger partial charge in [0.05, 0.1) is 12.9 Å². The highest BCUT2D eigenvalue weighted by molar-refractivity contribution is 5.86. The second-order valence-electron chi connectivity index (χ2n) is 6.76. The molecule has 2 saturated heterocycles. The number of hydrogen-bond acceptors (Lipinski definition) is 10. The molecule has 4 rings (SSSR count). The highest BCUT2D eigenvalue weighted by Crippen LogP contribution is 2.44. The van der Waals surface area contributed by atoms with Crippen LogP contribution < -0.4 is 11.1 Å². The zero-order valence-electron chi connectivity index (χ0n) is 15.0. The third-order valence-corrected chi connectivity index (χ3v) is 4.58. The topological polar surface area (TPSA) is 150 Å². The summed E-state index contributed by atoms with van der Waals surface area (Å²) in [5.41, 5.74) is 6.39. The molecule has 2 aliphatic rings. The van der Waals surface area contributed by atoms with Crippen molar-refractivity contribution in [1.82, 2.24) is 19.5 Å². The van der Waals surface area contributed by atoms with Gasteiger partial charge in [0.2, 0.25) is 5.82 Å². The minimum Gasteiger partial charge on any atom is -0.371 e. The van der Waals surface area contributed by atoms with Crippen molar-refractivity contribution in [2.75, 3.05) is 18.9 Å². The van der Waals surface area contributed by atoms with Gasteiger partial charge in [-0.15, -0.1) is 0 Å². The standard InChI is InChI=1S/C16H19N7O4/c1-16(2)26-11-10(7(24)4-17)25-15(12(11)27-16)23-6-20-9-13(19-3)21-8(5-18)22-14(9)23/h6,10-12,15H,4,17H2,1-3H3,(H,19,21,22)/t10-,11-,12-,15-/m1/s1. The fourth-order valence-corrected chi connectivity index (χ4v) is 3.50. The molecule has 2 fully saturated rings. The summed E-state index contributed by atoms with van der Waals surface area (Å²) >= 11 is 0. The molecule has 0 bridgehead atoms. The first-order valence-corrected chi connectivity index (χ1v) is 8.45. The molecule has 0 amide bonds. The van der Waals surface area contributed by atoms with Gasteiger partial charge < -0.3 is 25.3 Å². The molecule has 2 aromatic rings. The Morgan fingerprint density at radius 3 is 2.81 bits per heavy atom. The van der Waals surface area contributed by atoms with Crippen LogP contribution in [0, 0.1) is 11.3 Å². The van der Waals surface area contributed by atoms with Crippen LogP contribution in [-0.4, -0.2) is 63.0 Å². The van der Waals surface area contributed by atoms with Gasteiger partial charge in [-0.2, -0.15) is 15.2 Å². The molecule has 4 heterocycles. The van der Waals surface area contributed by atoms with E-state index in [2.05, 4.69) is 20.3 Å². The lowest BCUT2D eigenvalue weighted by Crippen LogP contribution is -2.38. The number of aromatic nitrogens is 4. The summed E-state index contributed by atoms with van der Waals surface area (Å²) in [5.74, 6) is -0.740. The van der Waals surface area contributed by atoms with Crippen molar-refractivity contribution in [1.29, 1.82) is 5.26 Å². The minimum atomic E-state index is -0.871. The Kier molecular flexibility index (Phi) is 4.08. The van der Waals surface area contributed by atoms with Crippen LogP contribution in [-0.2, 0) is 19.0 Å². The van der Waals surface area contributed by atoms with Crippen molar-refractivity contribution in [2.24, 2.45) is 5.73 Å². The molecule has 27 heavy (non-hydrogen) atoms. The van der Waals surface area contributed by atoms with Crippen LogP contribution in [0.1, 0.15) is 25.9 Å². The Bertz CT molecular complexity index is 950. The van der Waals surface area contributed by atoms with Gasteiger partial charge in [-0.05, 0) is 13.8 Å². The number of carbonyl (C=O) groups excluding carboxylic acids is 1. The number of hydrogen-bond donors (Lipinski definition) is 2. The number of nitrogens with zero attached hydrogens (tertiary/aromatic N) is 5. The molecular formula is C16H19N7O4. The molecule has 3 N–H and O–H groups in total. The van der Waals surface area contributed by atoms with Gasteiger partial charge in [0.1, 0.15) is 24.4 Å². The predicted molar refractivity (Wildman–Crippen MR) is 91.4 cm³/mol. The van der Waals surface area contributed by atoms with E-state index in [4.69, 9.17) is 19.9 Å². The van der Waals surface area contributed by atoms with Gasteiger partial charge in [0, 0.05) is 7.05 Å². The van der Waals surface area contributed by atoms with E-state index in [-0.39, 0.29) is 18.2 Å². The van der Waals surface area contributed by atoms with Gasteiger partial charge in [0.25, 0.3) is 0 Å². The maximum absolute atomic E-state index is 12.3. The smallest absolute Gasteiger partial charge is 0.236 e. The quantitative estimate of drug-likeness (QED) is 0.730. The lowest BCUT2D eigenvalue weighted by atomic mass is 10.1. The van der Waals surface area contributed by atoms with Crippen LogP contribution in [0.15, 0.2) is 6.33 Å². The lowest BCUT2D eigenvalue weighted by molar-refractivity contribution is -0.196.